The Bertz CT molecular complexity index is 486. The number of likely N-dealkylation sites (tertiary alicyclic amines) is 1. The molecular weight excluding hydrogens is 236 g/mol. The molecule has 3 nitrogen and oxygen atoms in total. The van der Waals surface area contributed by atoms with E-state index >= 15 is 0 Å². The van der Waals surface area contributed by atoms with E-state index in [9.17, 15) is 4.79 Å². The average molecular weight is 258 g/mol. The van der Waals surface area contributed by atoms with Gasteiger partial charge in [0, 0.05) is 31.4 Å². The summed E-state index contributed by atoms with van der Waals surface area (Å²) in [5, 5.41) is 3.11. The molecule has 2 fully saturated rings. The molecule has 0 radical (unpaired) electrons. The van der Waals surface area contributed by atoms with Crippen LogP contribution in [0.4, 0.5) is 5.69 Å². The molecule has 1 saturated heterocycles. The zero-order chi connectivity index (χ0) is 13.4. The maximum atomic E-state index is 12.6. The van der Waals surface area contributed by atoms with Gasteiger partial charge in [0.05, 0.1) is 0 Å². The third-order valence-corrected chi connectivity index (χ3v) is 4.76. The highest BCUT2D eigenvalue weighted by Crippen LogP contribution is 2.38. The number of hydrogen-bond donors (Lipinski definition) is 1. The first kappa shape index (κ1) is 12.5. The van der Waals surface area contributed by atoms with E-state index in [1.807, 2.05) is 32.2 Å². The molecule has 1 saturated carbocycles. The van der Waals surface area contributed by atoms with Crippen molar-refractivity contribution in [3.63, 3.8) is 0 Å². The van der Waals surface area contributed by atoms with E-state index in [2.05, 4.69) is 10.2 Å². The molecule has 2 atom stereocenters. The zero-order valence-corrected chi connectivity index (χ0v) is 11.8. The van der Waals surface area contributed by atoms with Crippen LogP contribution in [0.15, 0.2) is 18.2 Å². The first-order valence-electron chi connectivity index (χ1n) is 7.26. The number of nitrogens with zero attached hydrogens (tertiary/aromatic N) is 1. The number of hydrogen-bond acceptors (Lipinski definition) is 2. The Kier molecular flexibility index (Phi) is 3.21. The summed E-state index contributed by atoms with van der Waals surface area (Å²) in [6, 6.07) is 5.98. The molecule has 2 unspecified atom stereocenters. The van der Waals surface area contributed by atoms with E-state index in [1.165, 1.54) is 19.3 Å². The van der Waals surface area contributed by atoms with E-state index in [-0.39, 0.29) is 5.91 Å². The van der Waals surface area contributed by atoms with E-state index in [4.69, 9.17) is 0 Å². The van der Waals surface area contributed by atoms with Gasteiger partial charge in [-0.25, -0.2) is 0 Å². The Balaban J connectivity index is 1.77. The number of carbonyl (C=O) groups excluding carboxylic acids is 1. The first-order valence-corrected chi connectivity index (χ1v) is 7.26. The molecule has 1 amide bonds. The summed E-state index contributed by atoms with van der Waals surface area (Å²) >= 11 is 0. The van der Waals surface area contributed by atoms with E-state index in [0.717, 1.165) is 41.7 Å². The number of fused-ring (bicyclic) bond motifs is 1. The van der Waals surface area contributed by atoms with Crippen LogP contribution in [0.25, 0.3) is 0 Å². The first-order chi connectivity index (χ1) is 9.19. The Morgan fingerprint density at radius 1 is 1.26 bits per heavy atom. The third kappa shape index (κ3) is 2.22. The van der Waals surface area contributed by atoms with Crippen molar-refractivity contribution in [3.05, 3.63) is 29.3 Å². The van der Waals surface area contributed by atoms with Crippen molar-refractivity contribution in [2.45, 2.75) is 26.2 Å². The zero-order valence-electron chi connectivity index (χ0n) is 11.8. The summed E-state index contributed by atoms with van der Waals surface area (Å²) in [6.07, 6.45) is 3.98. The van der Waals surface area contributed by atoms with Crippen LogP contribution in [0.2, 0.25) is 0 Å². The molecule has 102 valence electrons. The predicted molar refractivity (Wildman–Crippen MR) is 77.5 cm³/mol. The second-order valence-electron chi connectivity index (χ2n) is 5.94. The minimum absolute atomic E-state index is 0.217. The fourth-order valence-corrected chi connectivity index (χ4v) is 3.63. The molecule has 0 aromatic heterocycles. The van der Waals surface area contributed by atoms with Crippen molar-refractivity contribution in [1.82, 2.24) is 4.90 Å². The lowest BCUT2D eigenvalue weighted by Gasteiger charge is -2.19. The predicted octanol–water partition coefficient (Wildman–Crippen LogP) is 2.91. The van der Waals surface area contributed by atoms with Gasteiger partial charge in [0.1, 0.15) is 0 Å². The van der Waals surface area contributed by atoms with Gasteiger partial charge in [0.15, 0.2) is 0 Å². The SMILES string of the molecule is CNc1ccc(C(=O)N2CC3CCCC3C2)c(C)c1. The standard InChI is InChI=1S/C16H22N2O/c1-11-8-14(17-2)6-7-15(11)16(19)18-9-12-4-3-5-13(12)10-18/h6-8,12-13,17H,3-5,9-10H2,1-2H3. The van der Waals surface area contributed by atoms with Crippen molar-refractivity contribution < 1.29 is 4.79 Å². The highest BCUT2D eigenvalue weighted by Gasteiger charge is 2.38. The summed E-state index contributed by atoms with van der Waals surface area (Å²) in [5.74, 6) is 1.75. The Labute approximate surface area is 115 Å². The summed E-state index contributed by atoms with van der Waals surface area (Å²) in [7, 11) is 1.90. The molecule has 1 aromatic rings. The summed E-state index contributed by atoms with van der Waals surface area (Å²) in [4.78, 5) is 14.7. The molecule has 1 heterocycles. The van der Waals surface area contributed by atoms with Crippen molar-refractivity contribution >= 4 is 11.6 Å². The summed E-state index contributed by atoms with van der Waals surface area (Å²) in [6.45, 7) is 3.96. The molecule has 1 aliphatic carbocycles. The third-order valence-electron chi connectivity index (χ3n) is 4.76. The van der Waals surface area contributed by atoms with Crippen molar-refractivity contribution in [1.29, 1.82) is 0 Å². The van der Waals surface area contributed by atoms with Crippen molar-refractivity contribution in [2.24, 2.45) is 11.8 Å². The monoisotopic (exact) mass is 258 g/mol. The molecular formula is C16H22N2O. The lowest BCUT2D eigenvalue weighted by Crippen LogP contribution is -2.30. The Morgan fingerprint density at radius 3 is 2.53 bits per heavy atom. The topological polar surface area (TPSA) is 32.3 Å². The molecule has 0 bridgehead atoms. The highest BCUT2D eigenvalue weighted by molar-refractivity contribution is 5.96. The largest absolute Gasteiger partial charge is 0.388 e. The normalized spacial score (nSPS) is 25.5. The molecule has 3 heteroatoms. The quantitative estimate of drug-likeness (QED) is 0.884. The number of aryl methyl sites for hydroxylation is 1. The summed E-state index contributed by atoms with van der Waals surface area (Å²) < 4.78 is 0. The van der Waals surface area contributed by atoms with E-state index in [0.29, 0.717) is 0 Å². The molecule has 19 heavy (non-hydrogen) atoms. The average Bonchev–Trinajstić information content (AvgIpc) is 2.98. The Hall–Kier alpha value is -1.51. The number of nitrogens with one attached hydrogen (secondary N) is 1. The van der Waals surface area contributed by atoms with Crippen LogP contribution >= 0.6 is 0 Å². The number of carbonyl (C=O) groups is 1. The van der Waals surface area contributed by atoms with Crippen LogP contribution < -0.4 is 5.32 Å². The maximum Gasteiger partial charge on any atom is 0.254 e. The van der Waals surface area contributed by atoms with Gasteiger partial charge >= 0.3 is 0 Å². The summed E-state index contributed by atoms with van der Waals surface area (Å²) in [5.41, 5.74) is 2.99. The maximum absolute atomic E-state index is 12.6. The fourth-order valence-electron chi connectivity index (χ4n) is 3.63. The van der Waals surface area contributed by atoms with E-state index < -0.39 is 0 Å². The van der Waals surface area contributed by atoms with Crippen molar-refractivity contribution in [3.8, 4) is 0 Å². The van der Waals surface area contributed by atoms with Gasteiger partial charge in [0.2, 0.25) is 0 Å². The molecule has 1 N–H and O–H groups in total. The van der Waals surface area contributed by atoms with Crippen molar-refractivity contribution in [2.75, 3.05) is 25.5 Å². The molecule has 0 spiro atoms. The van der Waals surface area contributed by atoms with Crippen LogP contribution in [0.1, 0.15) is 35.2 Å². The van der Waals surface area contributed by atoms with Crippen LogP contribution in [0, 0.1) is 18.8 Å². The van der Waals surface area contributed by atoms with Crippen LogP contribution in [0.3, 0.4) is 0 Å². The van der Waals surface area contributed by atoms with E-state index in [1.54, 1.807) is 0 Å². The van der Waals surface area contributed by atoms with Crippen LogP contribution in [-0.4, -0.2) is 30.9 Å². The molecule has 3 rings (SSSR count). The molecule has 1 aromatic carbocycles. The van der Waals surface area contributed by atoms with Gasteiger partial charge in [-0.1, -0.05) is 6.42 Å². The highest BCUT2D eigenvalue weighted by atomic mass is 16.2. The lowest BCUT2D eigenvalue weighted by atomic mass is 10.0. The van der Waals surface area contributed by atoms with Gasteiger partial charge < -0.3 is 10.2 Å². The minimum Gasteiger partial charge on any atom is -0.388 e. The number of amides is 1. The fraction of sp³-hybridized carbons (Fsp3) is 0.562. The molecule has 1 aliphatic heterocycles. The smallest absolute Gasteiger partial charge is 0.254 e. The Morgan fingerprint density at radius 2 is 1.95 bits per heavy atom. The van der Waals surface area contributed by atoms with Crippen LogP contribution in [0.5, 0.6) is 0 Å². The van der Waals surface area contributed by atoms with Gasteiger partial charge in [-0.15, -0.1) is 0 Å². The van der Waals surface area contributed by atoms with Crippen LogP contribution in [-0.2, 0) is 0 Å². The molecule has 2 aliphatic rings. The van der Waals surface area contributed by atoms with Gasteiger partial charge in [-0.3, -0.25) is 4.79 Å². The van der Waals surface area contributed by atoms with Gasteiger partial charge in [-0.2, -0.15) is 0 Å². The van der Waals surface area contributed by atoms with Gasteiger partial charge in [-0.05, 0) is 55.4 Å². The minimum atomic E-state index is 0.217. The second kappa shape index (κ2) is 4.87. The second-order valence-corrected chi connectivity index (χ2v) is 5.94. The number of anilines is 1. The van der Waals surface area contributed by atoms with Gasteiger partial charge in [0.25, 0.3) is 5.91 Å². The number of benzene rings is 1. The number of rotatable bonds is 2. The lowest BCUT2D eigenvalue weighted by molar-refractivity contribution is 0.0780.